The molecular weight excluding hydrogens is 318 g/mol. The summed E-state index contributed by atoms with van der Waals surface area (Å²) in [5.41, 5.74) is 0.318. The molecule has 0 bridgehead atoms. The maximum atomic E-state index is 10.8. The van der Waals surface area contributed by atoms with E-state index in [9.17, 15) is 14.9 Å². The SMILES string of the molecule is O=C(O)CCCCCNc1c(Br)cncc1[N+](=O)[O-]. The zero-order valence-electron chi connectivity index (χ0n) is 10.1. The van der Waals surface area contributed by atoms with Crippen LogP contribution in [0.1, 0.15) is 25.7 Å². The van der Waals surface area contributed by atoms with Gasteiger partial charge in [0.1, 0.15) is 11.9 Å². The van der Waals surface area contributed by atoms with Crippen LogP contribution in [0, 0.1) is 10.1 Å². The standard InChI is InChI=1S/C11H14BrN3O4/c12-8-6-13-7-9(15(18)19)11(8)14-5-3-1-2-4-10(16)17/h6-7H,1-5H2,(H,13,14)(H,16,17). The maximum Gasteiger partial charge on any atom is 0.311 e. The van der Waals surface area contributed by atoms with Gasteiger partial charge in [0.05, 0.1) is 9.40 Å². The van der Waals surface area contributed by atoms with E-state index in [4.69, 9.17) is 5.11 Å². The molecule has 2 N–H and O–H groups in total. The molecule has 0 aliphatic carbocycles. The maximum absolute atomic E-state index is 10.8. The van der Waals surface area contributed by atoms with Gasteiger partial charge in [-0.15, -0.1) is 0 Å². The lowest BCUT2D eigenvalue weighted by molar-refractivity contribution is -0.384. The first-order valence-electron chi connectivity index (χ1n) is 5.76. The number of carboxylic acids is 1. The van der Waals surface area contributed by atoms with E-state index in [1.54, 1.807) is 0 Å². The van der Waals surface area contributed by atoms with Gasteiger partial charge in [-0.3, -0.25) is 19.9 Å². The van der Waals surface area contributed by atoms with Crippen LogP contribution in [0.15, 0.2) is 16.9 Å². The summed E-state index contributed by atoms with van der Waals surface area (Å²) < 4.78 is 0.534. The van der Waals surface area contributed by atoms with Crippen LogP contribution >= 0.6 is 15.9 Å². The van der Waals surface area contributed by atoms with Crippen LogP contribution < -0.4 is 5.32 Å². The third-order valence-corrected chi connectivity index (χ3v) is 3.05. The first-order valence-corrected chi connectivity index (χ1v) is 6.55. The average Bonchev–Trinajstić information content (AvgIpc) is 2.34. The quantitative estimate of drug-likeness (QED) is 0.431. The number of hydrogen-bond donors (Lipinski definition) is 2. The summed E-state index contributed by atoms with van der Waals surface area (Å²) >= 11 is 3.21. The van der Waals surface area contributed by atoms with E-state index in [1.807, 2.05) is 0 Å². The van der Waals surface area contributed by atoms with Crippen LogP contribution in [-0.4, -0.2) is 27.5 Å². The van der Waals surface area contributed by atoms with E-state index >= 15 is 0 Å². The fourth-order valence-corrected chi connectivity index (χ4v) is 1.99. The minimum absolute atomic E-state index is 0.0834. The second-order valence-corrected chi connectivity index (χ2v) is 4.76. The molecule has 0 spiro atoms. The normalized spacial score (nSPS) is 10.2. The minimum Gasteiger partial charge on any atom is -0.481 e. The van der Waals surface area contributed by atoms with Gasteiger partial charge in [-0.05, 0) is 28.8 Å². The third-order valence-electron chi connectivity index (χ3n) is 2.45. The Morgan fingerprint density at radius 3 is 2.79 bits per heavy atom. The van der Waals surface area contributed by atoms with Crippen molar-refractivity contribution in [2.75, 3.05) is 11.9 Å². The highest BCUT2D eigenvalue weighted by Crippen LogP contribution is 2.30. The van der Waals surface area contributed by atoms with E-state index in [1.165, 1.54) is 12.4 Å². The summed E-state index contributed by atoms with van der Waals surface area (Å²) in [6, 6.07) is 0. The lowest BCUT2D eigenvalue weighted by Gasteiger charge is -2.08. The Morgan fingerprint density at radius 1 is 1.42 bits per heavy atom. The van der Waals surface area contributed by atoms with E-state index in [2.05, 4.69) is 26.2 Å². The minimum atomic E-state index is -0.805. The van der Waals surface area contributed by atoms with Crippen LogP contribution in [0.2, 0.25) is 0 Å². The van der Waals surface area contributed by atoms with Gasteiger partial charge in [0, 0.05) is 19.2 Å². The van der Waals surface area contributed by atoms with Gasteiger partial charge < -0.3 is 10.4 Å². The predicted octanol–water partition coefficient (Wildman–Crippen LogP) is 2.81. The summed E-state index contributed by atoms with van der Waals surface area (Å²) in [6.45, 7) is 0.545. The molecule has 1 aromatic heterocycles. The second kappa shape index (κ2) is 7.67. The summed E-state index contributed by atoms with van der Waals surface area (Å²) in [4.78, 5) is 24.4. The Balaban J connectivity index is 2.45. The Bertz CT molecular complexity index is 467. The van der Waals surface area contributed by atoms with Crippen LogP contribution in [0.4, 0.5) is 11.4 Å². The van der Waals surface area contributed by atoms with Crippen LogP contribution in [-0.2, 0) is 4.79 Å². The van der Waals surface area contributed by atoms with Crippen molar-refractivity contribution in [3.8, 4) is 0 Å². The summed E-state index contributed by atoms with van der Waals surface area (Å²) in [7, 11) is 0. The van der Waals surface area contributed by atoms with Crippen molar-refractivity contribution >= 4 is 33.3 Å². The molecule has 19 heavy (non-hydrogen) atoms. The van der Waals surface area contributed by atoms with Crippen LogP contribution in [0.5, 0.6) is 0 Å². The lowest BCUT2D eigenvalue weighted by Crippen LogP contribution is -2.06. The van der Waals surface area contributed by atoms with Crippen LogP contribution in [0.25, 0.3) is 0 Å². The number of nitro groups is 1. The Hall–Kier alpha value is -1.70. The number of rotatable bonds is 8. The number of hydrogen-bond acceptors (Lipinski definition) is 5. The largest absolute Gasteiger partial charge is 0.481 e. The Labute approximate surface area is 118 Å². The number of aromatic nitrogens is 1. The van der Waals surface area contributed by atoms with E-state index < -0.39 is 10.9 Å². The Kier molecular flexibility index (Phi) is 6.20. The van der Waals surface area contributed by atoms with Crippen molar-refractivity contribution in [1.82, 2.24) is 4.98 Å². The highest BCUT2D eigenvalue weighted by molar-refractivity contribution is 9.10. The van der Waals surface area contributed by atoms with E-state index in [0.717, 1.165) is 12.8 Å². The number of aliphatic carboxylic acids is 1. The topological polar surface area (TPSA) is 105 Å². The molecule has 0 aromatic carbocycles. The smallest absolute Gasteiger partial charge is 0.311 e. The highest BCUT2D eigenvalue weighted by Gasteiger charge is 2.16. The molecule has 0 saturated carbocycles. The number of carboxylic acid groups (broad SMARTS) is 1. The van der Waals surface area contributed by atoms with Crippen molar-refractivity contribution in [2.24, 2.45) is 0 Å². The van der Waals surface area contributed by atoms with Gasteiger partial charge in [-0.1, -0.05) is 6.42 Å². The average molecular weight is 332 g/mol. The van der Waals surface area contributed by atoms with Crippen molar-refractivity contribution in [3.05, 3.63) is 27.0 Å². The van der Waals surface area contributed by atoms with Gasteiger partial charge >= 0.3 is 11.7 Å². The molecule has 0 fully saturated rings. The number of halogens is 1. The van der Waals surface area contributed by atoms with Crippen LogP contribution in [0.3, 0.4) is 0 Å². The zero-order chi connectivity index (χ0) is 14.3. The highest BCUT2D eigenvalue weighted by atomic mass is 79.9. The van der Waals surface area contributed by atoms with Crippen molar-refractivity contribution in [2.45, 2.75) is 25.7 Å². The van der Waals surface area contributed by atoms with Gasteiger partial charge in [-0.25, -0.2) is 0 Å². The molecule has 0 unspecified atom stereocenters. The molecule has 0 atom stereocenters. The molecule has 0 saturated heterocycles. The molecule has 1 heterocycles. The van der Waals surface area contributed by atoms with Crippen molar-refractivity contribution in [1.29, 1.82) is 0 Å². The molecule has 0 aliphatic heterocycles. The second-order valence-electron chi connectivity index (χ2n) is 3.90. The number of unbranched alkanes of at least 4 members (excludes halogenated alkanes) is 2. The number of carbonyl (C=O) groups is 1. The molecule has 0 aliphatic rings. The fraction of sp³-hybridized carbons (Fsp3) is 0.455. The Morgan fingerprint density at radius 2 is 2.16 bits per heavy atom. The molecule has 1 rings (SSSR count). The molecule has 8 heteroatoms. The number of anilines is 1. The molecule has 0 radical (unpaired) electrons. The summed E-state index contributed by atoms with van der Waals surface area (Å²) in [5, 5.41) is 22.3. The molecule has 0 amide bonds. The zero-order valence-corrected chi connectivity index (χ0v) is 11.7. The summed E-state index contributed by atoms with van der Waals surface area (Å²) in [5.74, 6) is -0.805. The van der Waals surface area contributed by atoms with Gasteiger partial charge in [0.25, 0.3) is 0 Å². The first kappa shape index (κ1) is 15.4. The van der Waals surface area contributed by atoms with Gasteiger partial charge in [0.15, 0.2) is 0 Å². The van der Waals surface area contributed by atoms with Crippen molar-refractivity contribution < 1.29 is 14.8 Å². The van der Waals surface area contributed by atoms with E-state index in [0.29, 0.717) is 23.1 Å². The predicted molar refractivity (Wildman–Crippen MR) is 73.2 cm³/mol. The molecule has 1 aromatic rings. The lowest BCUT2D eigenvalue weighted by atomic mass is 10.2. The third kappa shape index (κ3) is 5.21. The number of pyridine rings is 1. The fourth-order valence-electron chi connectivity index (χ4n) is 1.53. The first-order chi connectivity index (χ1) is 9.02. The molecule has 104 valence electrons. The number of nitrogens with one attached hydrogen (secondary N) is 1. The van der Waals surface area contributed by atoms with Crippen molar-refractivity contribution in [3.63, 3.8) is 0 Å². The van der Waals surface area contributed by atoms with E-state index in [-0.39, 0.29) is 12.1 Å². The molecular formula is C11H14BrN3O4. The summed E-state index contributed by atoms with van der Waals surface area (Å²) in [6.07, 6.45) is 4.95. The van der Waals surface area contributed by atoms with Gasteiger partial charge in [-0.2, -0.15) is 0 Å². The molecule has 7 nitrogen and oxygen atoms in total. The number of nitrogens with zero attached hydrogens (tertiary/aromatic N) is 2. The van der Waals surface area contributed by atoms with Gasteiger partial charge in [0.2, 0.25) is 0 Å². The monoisotopic (exact) mass is 331 g/mol.